The lowest BCUT2D eigenvalue weighted by atomic mass is 10.0. The topological polar surface area (TPSA) is 49.3 Å². The maximum atomic E-state index is 11.8. The Bertz CT molecular complexity index is 391. The van der Waals surface area contributed by atoms with Crippen LogP contribution >= 0.6 is 0 Å². The summed E-state index contributed by atoms with van der Waals surface area (Å²) in [6, 6.07) is 5.69. The number of benzene rings is 1. The van der Waals surface area contributed by atoms with E-state index in [0.29, 0.717) is 5.56 Å². The zero-order chi connectivity index (χ0) is 12.3. The van der Waals surface area contributed by atoms with Crippen molar-refractivity contribution in [2.24, 2.45) is 0 Å². The minimum atomic E-state index is -0.881. The van der Waals surface area contributed by atoms with E-state index in [2.05, 4.69) is 5.32 Å². The summed E-state index contributed by atoms with van der Waals surface area (Å²) >= 11 is 0. The third-order valence-corrected chi connectivity index (χ3v) is 2.31. The van der Waals surface area contributed by atoms with Crippen molar-refractivity contribution >= 4 is 5.91 Å². The molecule has 0 heterocycles. The first kappa shape index (κ1) is 12.7. The molecule has 88 valence electrons. The van der Waals surface area contributed by atoms with E-state index < -0.39 is 5.60 Å². The van der Waals surface area contributed by atoms with Crippen LogP contribution in [0.2, 0.25) is 0 Å². The summed E-state index contributed by atoms with van der Waals surface area (Å²) in [4.78, 5) is 11.8. The van der Waals surface area contributed by atoms with Crippen molar-refractivity contribution in [3.05, 3.63) is 34.9 Å². The second-order valence-corrected chi connectivity index (χ2v) is 4.81. The van der Waals surface area contributed by atoms with Gasteiger partial charge in [0.2, 0.25) is 0 Å². The van der Waals surface area contributed by atoms with Gasteiger partial charge in [-0.1, -0.05) is 17.7 Å². The number of amides is 1. The molecule has 0 aliphatic carbocycles. The number of rotatable bonds is 3. The van der Waals surface area contributed by atoms with Crippen LogP contribution in [0.4, 0.5) is 0 Å². The van der Waals surface area contributed by atoms with Crippen LogP contribution in [0.3, 0.4) is 0 Å². The molecule has 0 aliphatic heterocycles. The van der Waals surface area contributed by atoms with Gasteiger partial charge in [-0.15, -0.1) is 0 Å². The molecule has 0 unspecified atom stereocenters. The molecule has 0 radical (unpaired) electrons. The van der Waals surface area contributed by atoms with Gasteiger partial charge in [0.15, 0.2) is 0 Å². The fraction of sp³-hybridized carbons (Fsp3) is 0.462. The zero-order valence-electron chi connectivity index (χ0n) is 10.3. The van der Waals surface area contributed by atoms with E-state index in [4.69, 9.17) is 0 Å². The number of carbonyl (C=O) groups excluding carboxylic acids is 1. The molecule has 0 saturated carbocycles. The van der Waals surface area contributed by atoms with Gasteiger partial charge < -0.3 is 10.4 Å². The molecule has 1 amide bonds. The van der Waals surface area contributed by atoms with Crippen molar-refractivity contribution in [1.29, 1.82) is 0 Å². The van der Waals surface area contributed by atoms with Crippen LogP contribution in [0.15, 0.2) is 18.2 Å². The number of aliphatic hydroxyl groups is 1. The van der Waals surface area contributed by atoms with Gasteiger partial charge in [-0.25, -0.2) is 0 Å². The summed E-state index contributed by atoms with van der Waals surface area (Å²) in [5, 5.41) is 12.2. The Balaban J connectivity index is 2.74. The summed E-state index contributed by atoms with van der Waals surface area (Å²) in [6.45, 7) is 7.47. The average Bonchev–Trinajstić information content (AvgIpc) is 2.13. The molecule has 16 heavy (non-hydrogen) atoms. The van der Waals surface area contributed by atoms with E-state index in [1.807, 2.05) is 32.0 Å². The summed E-state index contributed by atoms with van der Waals surface area (Å²) < 4.78 is 0. The molecular weight excluding hydrogens is 202 g/mol. The van der Waals surface area contributed by atoms with Crippen LogP contribution < -0.4 is 5.32 Å². The quantitative estimate of drug-likeness (QED) is 0.817. The van der Waals surface area contributed by atoms with Crippen LogP contribution in [0, 0.1) is 13.8 Å². The second-order valence-electron chi connectivity index (χ2n) is 4.81. The van der Waals surface area contributed by atoms with Gasteiger partial charge in [0.05, 0.1) is 5.60 Å². The highest BCUT2D eigenvalue weighted by Crippen LogP contribution is 2.10. The first-order chi connectivity index (χ1) is 7.29. The van der Waals surface area contributed by atoms with E-state index >= 15 is 0 Å². The molecule has 0 aromatic heterocycles. The fourth-order valence-corrected chi connectivity index (χ4v) is 1.46. The summed E-state index contributed by atoms with van der Waals surface area (Å²) in [7, 11) is 0. The lowest BCUT2D eigenvalue weighted by Crippen LogP contribution is -2.38. The van der Waals surface area contributed by atoms with Gasteiger partial charge in [-0.05, 0) is 39.3 Å². The average molecular weight is 221 g/mol. The molecule has 0 fully saturated rings. The van der Waals surface area contributed by atoms with Crippen LogP contribution in [0.5, 0.6) is 0 Å². The molecule has 1 rings (SSSR count). The first-order valence-electron chi connectivity index (χ1n) is 5.37. The standard InChI is InChI=1S/C13H19NO2/c1-9-5-6-11(10(2)7-9)12(15)14-8-13(3,4)16/h5-7,16H,8H2,1-4H3,(H,14,15). The van der Waals surface area contributed by atoms with Crippen molar-refractivity contribution in [2.75, 3.05) is 6.54 Å². The van der Waals surface area contributed by atoms with E-state index in [9.17, 15) is 9.90 Å². The van der Waals surface area contributed by atoms with Gasteiger partial charge in [0.1, 0.15) is 0 Å². The molecule has 3 heteroatoms. The third kappa shape index (κ3) is 3.66. The third-order valence-electron chi connectivity index (χ3n) is 2.31. The van der Waals surface area contributed by atoms with Crippen LogP contribution in [0.25, 0.3) is 0 Å². The SMILES string of the molecule is Cc1ccc(C(=O)NCC(C)(C)O)c(C)c1. The molecule has 1 aromatic rings. The van der Waals surface area contributed by atoms with E-state index in [1.54, 1.807) is 13.8 Å². The Morgan fingerprint density at radius 2 is 2.00 bits per heavy atom. The largest absolute Gasteiger partial charge is 0.389 e. The molecule has 0 atom stereocenters. The summed E-state index contributed by atoms with van der Waals surface area (Å²) in [6.07, 6.45) is 0. The van der Waals surface area contributed by atoms with E-state index in [1.165, 1.54) is 0 Å². The Morgan fingerprint density at radius 1 is 1.38 bits per heavy atom. The summed E-state index contributed by atoms with van der Waals surface area (Å²) in [5.74, 6) is -0.139. The molecule has 3 nitrogen and oxygen atoms in total. The Labute approximate surface area is 96.5 Å². The smallest absolute Gasteiger partial charge is 0.251 e. The molecule has 0 bridgehead atoms. The number of hydrogen-bond acceptors (Lipinski definition) is 2. The molecule has 0 spiro atoms. The van der Waals surface area contributed by atoms with Gasteiger partial charge >= 0.3 is 0 Å². The Morgan fingerprint density at radius 3 is 2.50 bits per heavy atom. The monoisotopic (exact) mass is 221 g/mol. The van der Waals surface area contributed by atoms with Crippen LogP contribution in [-0.4, -0.2) is 23.2 Å². The number of nitrogens with one attached hydrogen (secondary N) is 1. The van der Waals surface area contributed by atoms with Gasteiger partial charge in [-0.3, -0.25) is 4.79 Å². The van der Waals surface area contributed by atoms with Gasteiger partial charge in [0.25, 0.3) is 5.91 Å². The molecule has 2 N–H and O–H groups in total. The van der Waals surface area contributed by atoms with E-state index in [0.717, 1.165) is 11.1 Å². The van der Waals surface area contributed by atoms with Crippen LogP contribution in [0.1, 0.15) is 35.3 Å². The van der Waals surface area contributed by atoms with Crippen LogP contribution in [-0.2, 0) is 0 Å². The van der Waals surface area contributed by atoms with Crippen molar-refractivity contribution in [3.8, 4) is 0 Å². The Hall–Kier alpha value is -1.35. The lowest BCUT2D eigenvalue weighted by molar-refractivity contribution is 0.0694. The normalized spacial score (nSPS) is 11.3. The molecule has 0 saturated heterocycles. The number of carbonyl (C=O) groups is 1. The zero-order valence-corrected chi connectivity index (χ0v) is 10.3. The van der Waals surface area contributed by atoms with Gasteiger partial charge in [0, 0.05) is 12.1 Å². The maximum absolute atomic E-state index is 11.8. The molecule has 0 aliphatic rings. The lowest BCUT2D eigenvalue weighted by Gasteiger charge is -2.18. The van der Waals surface area contributed by atoms with Crippen molar-refractivity contribution < 1.29 is 9.90 Å². The summed E-state index contributed by atoms with van der Waals surface area (Å²) in [5.41, 5.74) is 1.87. The first-order valence-corrected chi connectivity index (χ1v) is 5.37. The van der Waals surface area contributed by atoms with E-state index in [-0.39, 0.29) is 12.5 Å². The minimum absolute atomic E-state index is 0.139. The van der Waals surface area contributed by atoms with Crippen molar-refractivity contribution in [2.45, 2.75) is 33.3 Å². The highest BCUT2D eigenvalue weighted by atomic mass is 16.3. The van der Waals surface area contributed by atoms with Crippen molar-refractivity contribution in [3.63, 3.8) is 0 Å². The Kier molecular flexibility index (Phi) is 3.70. The highest BCUT2D eigenvalue weighted by Gasteiger charge is 2.15. The maximum Gasteiger partial charge on any atom is 0.251 e. The predicted molar refractivity (Wildman–Crippen MR) is 64.5 cm³/mol. The van der Waals surface area contributed by atoms with Gasteiger partial charge in [-0.2, -0.15) is 0 Å². The fourth-order valence-electron chi connectivity index (χ4n) is 1.46. The number of aryl methyl sites for hydroxylation is 2. The minimum Gasteiger partial charge on any atom is -0.389 e. The van der Waals surface area contributed by atoms with Crippen molar-refractivity contribution in [1.82, 2.24) is 5.32 Å². The number of hydrogen-bond donors (Lipinski definition) is 2. The second kappa shape index (κ2) is 4.66. The molecule has 1 aromatic carbocycles. The highest BCUT2D eigenvalue weighted by molar-refractivity contribution is 5.95. The molecular formula is C13H19NO2. The predicted octanol–water partition coefficient (Wildman–Crippen LogP) is 1.80.